The first-order valence-corrected chi connectivity index (χ1v) is 11.6. The molecule has 1 N–H and O–H groups in total. The number of carbonyl (C=O) groups is 1. The van der Waals surface area contributed by atoms with Gasteiger partial charge in [0.15, 0.2) is 0 Å². The fourth-order valence-electron chi connectivity index (χ4n) is 3.17. The Morgan fingerprint density at radius 3 is 2.38 bits per heavy atom. The van der Waals surface area contributed by atoms with Crippen LogP contribution in [0.4, 0.5) is 5.69 Å². The van der Waals surface area contributed by atoms with E-state index in [9.17, 15) is 13.2 Å². The molecule has 0 spiro atoms. The molecular formula is C22H30N2O4S. The summed E-state index contributed by atoms with van der Waals surface area (Å²) in [4.78, 5) is 12.4. The van der Waals surface area contributed by atoms with Crippen molar-refractivity contribution in [3.05, 3.63) is 59.7 Å². The van der Waals surface area contributed by atoms with E-state index in [4.69, 9.17) is 4.74 Å². The number of hydrogen-bond donors (Lipinski definition) is 1. The monoisotopic (exact) mass is 418 g/mol. The topological polar surface area (TPSA) is 75.7 Å². The van der Waals surface area contributed by atoms with Gasteiger partial charge in [-0.1, -0.05) is 48.9 Å². The first-order valence-electron chi connectivity index (χ1n) is 9.73. The number of nitrogens with one attached hydrogen (secondary N) is 1. The summed E-state index contributed by atoms with van der Waals surface area (Å²) in [6, 6.07) is 15.0. The maximum Gasteiger partial charge on any atom is 0.232 e. The second kappa shape index (κ2) is 10.3. The van der Waals surface area contributed by atoms with E-state index >= 15 is 0 Å². The normalized spacial score (nSPS) is 12.3. The number of carbonyl (C=O) groups excluding carboxylic acids is 1. The summed E-state index contributed by atoms with van der Waals surface area (Å²) in [5.41, 5.74) is 2.72. The van der Waals surface area contributed by atoms with Gasteiger partial charge in [-0.3, -0.25) is 9.10 Å². The Morgan fingerprint density at radius 1 is 1.14 bits per heavy atom. The number of methoxy groups -OCH3 is 1. The van der Waals surface area contributed by atoms with Crippen molar-refractivity contribution in [2.24, 2.45) is 0 Å². The van der Waals surface area contributed by atoms with Gasteiger partial charge in [0.25, 0.3) is 0 Å². The molecule has 2 aromatic rings. The molecule has 1 amide bonds. The van der Waals surface area contributed by atoms with Crippen LogP contribution in [-0.4, -0.2) is 34.2 Å². The molecule has 0 aliphatic heterocycles. The highest BCUT2D eigenvalue weighted by atomic mass is 32.2. The fourth-order valence-corrected chi connectivity index (χ4v) is 4.14. The van der Waals surface area contributed by atoms with Crippen LogP contribution in [0.2, 0.25) is 0 Å². The highest BCUT2D eigenvalue weighted by Gasteiger charge is 2.21. The van der Waals surface area contributed by atoms with E-state index in [0.29, 0.717) is 17.9 Å². The molecule has 158 valence electrons. The number of rotatable bonds is 10. The van der Waals surface area contributed by atoms with Gasteiger partial charge >= 0.3 is 0 Å². The summed E-state index contributed by atoms with van der Waals surface area (Å²) < 4.78 is 31.1. The highest BCUT2D eigenvalue weighted by molar-refractivity contribution is 7.92. The van der Waals surface area contributed by atoms with Gasteiger partial charge in [-0.15, -0.1) is 0 Å². The van der Waals surface area contributed by atoms with Gasteiger partial charge in [0.2, 0.25) is 15.9 Å². The predicted molar refractivity (Wildman–Crippen MR) is 117 cm³/mol. The van der Waals surface area contributed by atoms with Crippen LogP contribution in [0.3, 0.4) is 0 Å². The molecule has 7 heteroatoms. The Morgan fingerprint density at radius 2 is 1.79 bits per heavy atom. The summed E-state index contributed by atoms with van der Waals surface area (Å²) in [6.07, 6.45) is 2.58. The lowest BCUT2D eigenvalue weighted by molar-refractivity contribution is -0.121. The van der Waals surface area contributed by atoms with Crippen molar-refractivity contribution in [2.75, 3.05) is 24.2 Å². The van der Waals surface area contributed by atoms with Gasteiger partial charge in [0, 0.05) is 13.0 Å². The second-order valence-electron chi connectivity index (χ2n) is 7.05. The van der Waals surface area contributed by atoms with Gasteiger partial charge in [-0.2, -0.15) is 0 Å². The minimum Gasteiger partial charge on any atom is -0.495 e. The van der Waals surface area contributed by atoms with Crippen molar-refractivity contribution in [1.82, 2.24) is 5.32 Å². The van der Waals surface area contributed by atoms with Crippen molar-refractivity contribution in [1.29, 1.82) is 0 Å². The van der Waals surface area contributed by atoms with E-state index in [1.807, 2.05) is 38.1 Å². The molecule has 0 saturated carbocycles. The highest BCUT2D eigenvalue weighted by Crippen LogP contribution is 2.29. The Kier molecular flexibility index (Phi) is 8.08. The first-order chi connectivity index (χ1) is 13.8. The average Bonchev–Trinajstić information content (AvgIpc) is 2.69. The number of nitrogens with zero attached hydrogens (tertiary/aromatic N) is 1. The summed E-state index contributed by atoms with van der Waals surface area (Å²) in [6.45, 7) is 4.25. The molecule has 0 bridgehead atoms. The van der Waals surface area contributed by atoms with Crippen LogP contribution in [0, 0.1) is 6.92 Å². The number of amides is 1. The lowest BCUT2D eigenvalue weighted by Gasteiger charge is -2.24. The number of anilines is 1. The molecular weight excluding hydrogens is 388 g/mol. The molecule has 0 aliphatic carbocycles. The summed E-state index contributed by atoms with van der Waals surface area (Å²) in [5, 5.41) is 3.05. The van der Waals surface area contributed by atoms with Crippen molar-refractivity contribution in [2.45, 2.75) is 39.2 Å². The van der Waals surface area contributed by atoms with Gasteiger partial charge < -0.3 is 10.1 Å². The number of benzene rings is 2. The molecule has 0 saturated heterocycles. The Balaban J connectivity index is 2.00. The molecule has 0 unspecified atom stereocenters. The van der Waals surface area contributed by atoms with E-state index in [0.717, 1.165) is 18.2 Å². The fraction of sp³-hybridized carbons (Fsp3) is 0.409. The maximum atomic E-state index is 12.4. The lowest BCUT2D eigenvalue weighted by Crippen LogP contribution is -2.33. The zero-order valence-electron chi connectivity index (χ0n) is 17.5. The maximum absolute atomic E-state index is 12.4. The number of aryl methyl sites for hydroxylation is 1. The molecule has 6 nitrogen and oxygen atoms in total. The van der Waals surface area contributed by atoms with Crippen molar-refractivity contribution in [3.8, 4) is 5.75 Å². The van der Waals surface area contributed by atoms with E-state index in [2.05, 4.69) is 5.32 Å². The summed E-state index contributed by atoms with van der Waals surface area (Å²) in [7, 11) is -2.00. The average molecular weight is 419 g/mol. The van der Waals surface area contributed by atoms with Gasteiger partial charge in [0.05, 0.1) is 25.1 Å². The van der Waals surface area contributed by atoms with E-state index in [1.54, 1.807) is 24.3 Å². The van der Waals surface area contributed by atoms with E-state index < -0.39 is 10.0 Å². The standard InChI is InChI=1S/C22H30N2O4S/c1-5-19(18-14-12-17(2)13-15-18)23-22(25)11-8-16-24(29(4,26)27)20-9-6-7-10-21(20)28-3/h6-7,9-10,12-15,19H,5,8,11,16H2,1-4H3,(H,23,25)/t19-/m0/s1. The van der Waals surface area contributed by atoms with Crippen molar-refractivity contribution >= 4 is 21.6 Å². The third-order valence-electron chi connectivity index (χ3n) is 4.74. The Bertz CT molecular complexity index is 911. The van der Waals surface area contributed by atoms with Crippen LogP contribution in [0.25, 0.3) is 0 Å². The van der Waals surface area contributed by atoms with Crippen LogP contribution in [0.1, 0.15) is 43.4 Å². The van der Waals surface area contributed by atoms with Crippen LogP contribution in [0.15, 0.2) is 48.5 Å². The zero-order chi connectivity index (χ0) is 21.4. The summed E-state index contributed by atoms with van der Waals surface area (Å²) >= 11 is 0. The van der Waals surface area contributed by atoms with Crippen LogP contribution in [0.5, 0.6) is 5.75 Å². The summed E-state index contributed by atoms with van der Waals surface area (Å²) in [5.74, 6) is 0.388. The van der Waals surface area contributed by atoms with E-state index in [-0.39, 0.29) is 24.9 Å². The van der Waals surface area contributed by atoms with Crippen LogP contribution < -0.4 is 14.4 Å². The largest absolute Gasteiger partial charge is 0.495 e. The molecule has 0 radical (unpaired) electrons. The first kappa shape index (κ1) is 22.7. The second-order valence-corrected chi connectivity index (χ2v) is 8.96. The predicted octanol–water partition coefficient (Wildman–Crippen LogP) is 3.82. The minimum absolute atomic E-state index is 0.0525. The minimum atomic E-state index is -3.50. The Hall–Kier alpha value is -2.54. The number of sulfonamides is 1. The SMILES string of the molecule is CC[C@H](NC(=O)CCCN(c1ccccc1OC)S(C)(=O)=O)c1ccc(C)cc1. The van der Waals surface area contributed by atoms with Gasteiger partial charge in [-0.05, 0) is 37.5 Å². The van der Waals surface area contributed by atoms with Gasteiger partial charge in [-0.25, -0.2) is 8.42 Å². The quantitative estimate of drug-likeness (QED) is 0.636. The molecule has 2 aromatic carbocycles. The molecule has 0 heterocycles. The Labute approximate surface area is 173 Å². The number of hydrogen-bond acceptors (Lipinski definition) is 4. The van der Waals surface area contributed by atoms with Gasteiger partial charge in [0.1, 0.15) is 5.75 Å². The lowest BCUT2D eigenvalue weighted by atomic mass is 10.0. The van der Waals surface area contributed by atoms with Crippen molar-refractivity contribution < 1.29 is 17.9 Å². The van der Waals surface area contributed by atoms with Crippen molar-refractivity contribution in [3.63, 3.8) is 0 Å². The number of para-hydroxylation sites is 2. The number of ether oxygens (including phenoxy) is 1. The third-order valence-corrected chi connectivity index (χ3v) is 5.92. The molecule has 0 aliphatic rings. The molecule has 2 rings (SSSR count). The molecule has 0 aromatic heterocycles. The molecule has 29 heavy (non-hydrogen) atoms. The third kappa shape index (κ3) is 6.49. The molecule has 1 atom stereocenters. The smallest absolute Gasteiger partial charge is 0.232 e. The van der Waals surface area contributed by atoms with Crippen LogP contribution >= 0.6 is 0 Å². The molecule has 0 fully saturated rings. The van der Waals surface area contributed by atoms with E-state index in [1.165, 1.54) is 17.0 Å². The van der Waals surface area contributed by atoms with Crippen LogP contribution in [-0.2, 0) is 14.8 Å². The zero-order valence-corrected chi connectivity index (χ0v) is 18.3.